The molecule has 0 saturated heterocycles. The van der Waals surface area contributed by atoms with Crippen LogP contribution in [0.25, 0.3) is 0 Å². The summed E-state index contributed by atoms with van der Waals surface area (Å²) in [7, 11) is 2.03. The van der Waals surface area contributed by atoms with Crippen LogP contribution in [0.2, 0.25) is 0 Å². The molecule has 2 heteroatoms. The Balaban J connectivity index is 2.06. The number of nitrogens with one attached hydrogen (secondary N) is 1. The lowest BCUT2D eigenvalue weighted by molar-refractivity contribution is 0.217. The number of fused-ring (bicyclic) bond motifs is 1. The zero-order valence-electron chi connectivity index (χ0n) is 11.8. The monoisotopic (exact) mass is 247 g/mol. The molecule has 1 N–H and O–H groups in total. The second-order valence-electron chi connectivity index (χ2n) is 6.09. The highest BCUT2D eigenvalue weighted by Gasteiger charge is 2.27. The molecule has 0 fully saturated rings. The van der Waals surface area contributed by atoms with Crippen LogP contribution in [0.4, 0.5) is 0 Å². The molecule has 1 aromatic carbocycles. The van der Waals surface area contributed by atoms with E-state index >= 15 is 0 Å². The van der Waals surface area contributed by atoms with Gasteiger partial charge in [-0.3, -0.25) is 0 Å². The molecule has 1 unspecified atom stereocenters. The molecular formula is C16H25NO. The van der Waals surface area contributed by atoms with E-state index in [-0.39, 0.29) is 0 Å². The SMILES string of the molecule is CNCCC(C)(C)CC1CCOc2ccccc21. The van der Waals surface area contributed by atoms with Gasteiger partial charge in [0, 0.05) is 0 Å². The third kappa shape index (κ3) is 3.26. The lowest BCUT2D eigenvalue weighted by atomic mass is 9.76. The van der Waals surface area contributed by atoms with E-state index in [1.54, 1.807) is 0 Å². The molecule has 0 radical (unpaired) electrons. The Kier molecular flexibility index (Phi) is 4.28. The van der Waals surface area contributed by atoms with Crippen LogP contribution in [0.5, 0.6) is 5.75 Å². The summed E-state index contributed by atoms with van der Waals surface area (Å²) in [5, 5.41) is 3.26. The minimum atomic E-state index is 0.387. The number of hydrogen-bond acceptors (Lipinski definition) is 2. The van der Waals surface area contributed by atoms with E-state index in [0.29, 0.717) is 11.3 Å². The van der Waals surface area contributed by atoms with Crippen molar-refractivity contribution in [3.05, 3.63) is 29.8 Å². The number of rotatable bonds is 5. The average molecular weight is 247 g/mol. The van der Waals surface area contributed by atoms with Crippen molar-refractivity contribution in [2.75, 3.05) is 20.2 Å². The zero-order valence-corrected chi connectivity index (χ0v) is 11.8. The van der Waals surface area contributed by atoms with Gasteiger partial charge in [0.2, 0.25) is 0 Å². The summed E-state index contributed by atoms with van der Waals surface area (Å²) in [5.74, 6) is 1.75. The minimum Gasteiger partial charge on any atom is -0.493 e. The van der Waals surface area contributed by atoms with Crippen molar-refractivity contribution in [3.63, 3.8) is 0 Å². The van der Waals surface area contributed by atoms with Crippen molar-refractivity contribution in [3.8, 4) is 5.75 Å². The van der Waals surface area contributed by atoms with Crippen molar-refractivity contribution >= 4 is 0 Å². The third-order valence-corrected chi connectivity index (χ3v) is 3.93. The molecule has 0 amide bonds. The number of hydrogen-bond donors (Lipinski definition) is 1. The Labute approximate surface area is 111 Å². The smallest absolute Gasteiger partial charge is 0.122 e. The highest BCUT2D eigenvalue weighted by Crippen LogP contribution is 2.41. The molecule has 0 aromatic heterocycles. The Bertz CT molecular complexity index is 386. The summed E-state index contributed by atoms with van der Waals surface area (Å²) in [6, 6.07) is 8.52. The summed E-state index contributed by atoms with van der Waals surface area (Å²) in [4.78, 5) is 0. The molecule has 18 heavy (non-hydrogen) atoms. The molecule has 2 nitrogen and oxygen atoms in total. The van der Waals surface area contributed by atoms with Gasteiger partial charge in [0.05, 0.1) is 6.61 Å². The Morgan fingerprint density at radius 2 is 2.11 bits per heavy atom. The van der Waals surface area contributed by atoms with E-state index in [9.17, 15) is 0 Å². The average Bonchev–Trinajstić information content (AvgIpc) is 2.37. The summed E-state index contributed by atoms with van der Waals surface area (Å²) in [6.07, 6.45) is 3.62. The van der Waals surface area contributed by atoms with Crippen molar-refractivity contribution in [1.82, 2.24) is 5.32 Å². The first kappa shape index (κ1) is 13.4. The summed E-state index contributed by atoms with van der Waals surface area (Å²) in [6.45, 7) is 6.71. The fourth-order valence-electron chi connectivity index (χ4n) is 2.86. The molecule has 0 bridgehead atoms. The summed E-state index contributed by atoms with van der Waals surface area (Å²) >= 11 is 0. The van der Waals surface area contributed by atoms with Crippen LogP contribution in [-0.2, 0) is 0 Å². The number of ether oxygens (including phenoxy) is 1. The van der Waals surface area contributed by atoms with Crippen LogP contribution in [-0.4, -0.2) is 20.2 Å². The molecule has 0 spiro atoms. The van der Waals surface area contributed by atoms with E-state index < -0.39 is 0 Å². The molecule has 0 saturated carbocycles. The van der Waals surface area contributed by atoms with Gasteiger partial charge in [-0.1, -0.05) is 32.0 Å². The Morgan fingerprint density at radius 1 is 1.33 bits per heavy atom. The quantitative estimate of drug-likeness (QED) is 0.858. The maximum absolute atomic E-state index is 5.74. The zero-order chi connectivity index (χ0) is 13.0. The van der Waals surface area contributed by atoms with Gasteiger partial charge in [0.15, 0.2) is 0 Å². The van der Waals surface area contributed by atoms with Gasteiger partial charge in [-0.15, -0.1) is 0 Å². The predicted molar refractivity (Wildman–Crippen MR) is 76.2 cm³/mol. The van der Waals surface area contributed by atoms with Gasteiger partial charge in [-0.25, -0.2) is 0 Å². The topological polar surface area (TPSA) is 21.3 Å². The summed E-state index contributed by atoms with van der Waals surface area (Å²) < 4.78 is 5.74. The van der Waals surface area contributed by atoms with Crippen molar-refractivity contribution in [2.24, 2.45) is 5.41 Å². The molecule has 2 rings (SSSR count). The predicted octanol–water partition coefficient (Wildman–Crippen LogP) is 3.58. The molecule has 0 aliphatic carbocycles. The third-order valence-electron chi connectivity index (χ3n) is 3.93. The maximum atomic E-state index is 5.74. The van der Waals surface area contributed by atoms with E-state index in [0.717, 1.165) is 25.3 Å². The second kappa shape index (κ2) is 5.75. The lowest BCUT2D eigenvalue weighted by Crippen LogP contribution is -2.24. The molecule has 1 atom stereocenters. The number of para-hydroxylation sites is 1. The molecule has 1 heterocycles. The molecule has 1 aromatic rings. The fraction of sp³-hybridized carbons (Fsp3) is 0.625. The molecular weight excluding hydrogens is 222 g/mol. The normalized spacial score (nSPS) is 19.2. The van der Waals surface area contributed by atoms with Crippen LogP contribution in [0.1, 0.15) is 44.6 Å². The van der Waals surface area contributed by atoms with Crippen molar-refractivity contribution in [1.29, 1.82) is 0 Å². The van der Waals surface area contributed by atoms with Crippen LogP contribution in [0.3, 0.4) is 0 Å². The van der Waals surface area contributed by atoms with Gasteiger partial charge in [-0.2, -0.15) is 0 Å². The van der Waals surface area contributed by atoms with Gasteiger partial charge < -0.3 is 10.1 Å². The first-order valence-corrected chi connectivity index (χ1v) is 6.99. The Hall–Kier alpha value is -1.02. The second-order valence-corrected chi connectivity index (χ2v) is 6.09. The molecule has 1 aliphatic rings. The van der Waals surface area contributed by atoms with Crippen LogP contribution >= 0.6 is 0 Å². The highest BCUT2D eigenvalue weighted by atomic mass is 16.5. The van der Waals surface area contributed by atoms with E-state index in [2.05, 4.69) is 43.4 Å². The van der Waals surface area contributed by atoms with Gasteiger partial charge >= 0.3 is 0 Å². The Morgan fingerprint density at radius 3 is 2.89 bits per heavy atom. The van der Waals surface area contributed by atoms with Gasteiger partial charge in [0.1, 0.15) is 5.75 Å². The van der Waals surface area contributed by atoms with Gasteiger partial charge in [0.25, 0.3) is 0 Å². The van der Waals surface area contributed by atoms with Crippen molar-refractivity contribution < 1.29 is 4.74 Å². The molecule has 100 valence electrons. The largest absolute Gasteiger partial charge is 0.493 e. The fourth-order valence-corrected chi connectivity index (χ4v) is 2.86. The first-order valence-electron chi connectivity index (χ1n) is 6.99. The van der Waals surface area contributed by atoms with Crippen LogP contribution < -0.4 is 10.1 Å². The molecule has 1 aliphatic heterocycles. The van der Waals surface area contributed by atoms with E-state index in [1.807, 2.05) is 7.05 Å². The lowest BCUT2D eigenvalue weighted by Gasteiger charge is -2.33. The van der Waals surface area contributed by atoms with E-state index in [4.69, 9.17) is 4.74 Å². The number of benzene rings is 1. The first-order chi connectivity index (χ1) is 8.62. The van der Waals surface area contributed by atoms with Crippen LogP contribution in [0, 0.1) is 5.41 Å². The summed E-state index contributed by atoms with van der Waals surface area (Å²) in [5.41, 5.74) is 1.79. The maximum Gasteiger partial charge on any atom is 0.122 e. The van der Waals surface area contributed by atoms with E-state index in [1.165, 1.54) is 18.4 Å². The van der Waals surface area contributed by atoms with Crippen LogP contribution in [0.15, 0.2) is 24.3 Å². The van der Waals surface area contributed by atoms with Crippen molar-refractivity contribution in [2.45, 2.75) is 39.0 Å². The minimum absolute atomic E-state index is 0.387. The standard InChI is InChI=1S/C16H25NO/c1-16(2,9-10-17-3)12-13-8-11-18-15-7-5-4-6-14(13)15/h4-7,13,17H,8-12H2,1-3H3. The van der Waals surface area contributed by atoms with Gasteiger partial charge in [-0.05, 0) is 55.8 Å². The highest BCUT2D eigenvalue weighted by molar-refractivity contribution is 5.37.